The molecular formula is C9H11I2N4+. The van der Waals surface area contributed by atoms with E-state index in [2.05, 4.69) is 62.3 Å². The highest BCUT2D eigenvalue weighted by Crippen LogP contribution is 2.18. The molecule has 0 saturated heterocycles. The summed E-state index contributed by atoms with van der Waals surface area (Å²) in [6.45, 7) is 3.76. The van der Waals surface area contributed by atoms with E-state index in [1.807, 2.05) is 33.0 Å². The minimum absolute atomic E-state index is 1.02. The van der Waals surface area contributed by atoms with E-state index in [1.54, 1.807) is 12.7 Å². The fourth-order valence-electron chi connectivity index (χ4n) is 0.950. The summed E-state index contributed by atoms with van der Waals surface area (Å²) >= 11 is 4.41. The Morgan fingerprint density at radius 1 is 1.67 bits per heavy atom. The van der Waals surface area contributed by atoms with E-state index in [1.165, 1.54) is 0 Å². The van der Waals surface area contributed by atoms with Crippen molar-refractivity contribution < 1.29 is 2.90 Å². The van der Waals surface area contributed by atoms with Crippen LogP contribution in [0, 0.1) is 0 Å². The van der Waals surface area contributed by atoms with Crippen molar-refractivity contribution in [2.75, 3.05) is 7.05 Å². The quantitative estimate of drug-likeness (QED) is 0.587. The van der Waals surface area contributed by atoms with E-state index in [9.17, 15) is 0 Å². The lowest BCUT2D eigenvalue weighted by Gasteiger charge is -2.02. The first-order valence-electron chi connectivity index (χ1n) is 4.17. The highest BCUT2D eigenvalue weighted by atomic mass is 127. The highest BCUT2D eigenvalue weighted by Gasteiger charge is 2.10. The molecule has 80 valence electrons. The monoisotopic (exact) mass is 429 g/mol. The Bertz CT molecular complexity index is 406. The van der Waals surface area contributed by atoms with Crippen molar-refractivity contribution in [1.82, 2.24) is 15.0 Å². The maximum Gasteiger partial charge on any atom is 0.316 e. The van der Waals surface area contributed by atoms with Crippen molar-refractivity contribution in [2.24, 2.45) is 0 Å². The van der Waals surface area contributed by atoms with Crippen molar-refractivity contribution >= 4 is 51.2 Å². The number of rotatable bonds is 4. The van der Waals surface area contributed by atoms with Crippen LogP contribution in [0.4, 0.5) is 0 Å². The first-order valence-corrected chi connectivity index (χ1v) is 6.22. The van der Waals surface area contributed by atoms with Crippen LogP contribution >= 0.6 is 45.5 Å². The summed E-state index contributed by atoms with van der Waals surface area (Å²) in [5, 5.41) is 2.96. The molecule has 0 aromatic carbocycles. The van der Waals surface area contributed by atoms with Gasteiger partial charge >= 0.3 is 6.33 Å². The third kappa shape index (κ3) is 3.30. The molecule has 0 fully saturated rings. The van der Waals surface area contributed by atoms with Crippen LogP contribution in [0.1, 0.15) is 0 Å². The Hall–Kier alpha value is -0.380. The maximum atomic E-state index is 4.06. The Labute approximate surface area is 116 Å². The molecule has 0 aliphatic rings. The van der Waals surface area contributed by atoms with Crippen LogP contribution in [-0.4, -0.2) is 16.7 Å². The topological polar surface area (TPSA) is 33.7 Å². The van der Waals surface area contributed by atoms with Gasteiger partial charge in [0.05, 0.1) is 0 Å². The largest absolute Gasteiger partial charge is 0.394 e. The number of halogens is 2. The molecule has 1 N–H and O–H groups in total. The van der Waals surface area contributed by atoms with Crippen molar-refractivity contribution in [2.45, 2.75) is 0 Å². The van der Waals surface area contributed by atoms with Crippen LogP contribution in [0.2, 0.25) is 0 Å². The standard InChI is InChI=1S/C9H11I2N4/c1-3-8(10)9(4-5-12-2)14-6-13-7-15(14)11/h3-7,12H,1H2,2H3/q+1/b5-4-,9-8-. The van der Waals surface area contributed by atoms with E-state index in [0.29, 0.717) is 0 Å². The molecule has 1 aromatic rings. The Balaban J connectivity index is 3.19. The number of allylic oxidation sites excluding steroid dienone is 4. The van der Waals surface area contributed by atoms with Crippen molar-refractivity contribution in [3.05, 3.63) is 41.2 Å². The molecule has 0 spiro atoms. The van der Waals surface area contributed by atoms with Crippen molar-refractivity contribution in [3.63, 3.8) is 0 Å². The third-order valence-corrected chi connectivity index (χ3v) is 3.33. The predicted molar refractivity (Wildman–Crippen MR) is 77.5 cm³/mol. The number of aromatic nitrogens is 3. The summed E-state index contributed by atoms with van der Waals surface area (Å²) in [6, 6.07) is 0. The van der Waals surface area contributed by atoms with Gasteiger partial charge < -0.3 is 5.32 Å². The first kappa shape index (κ1) is 12.7. The Morgan fingerprint density at radius 3 is 2.87 bits per heavy atom. The van der Waals surface area contributed by atoms with Gasteiger partial charge in [-0.15, -0.1) is 4.68 Å². The van der Waals surface area contributed by atoms with Gasteiger partial charge in [-0.2, -0.15) is 0 Å². The zero-order valence-electron chi connectivity index (χ0n) is 8.19. The number of hydrogen-bond donors (Lipinski definition) is 1. The van der Waals surface area contributed by atoms with Crippen molar-refractivity contribution in [1.29, 1.82) is 0 Å². The second kappa shape index (κ2) is 6.26. The molecule has 0 saturated carbocycles. The molecule has 0 unspecified atom stereocenters. The van der Waals surface area contributed by atoms with Gasteiger partial charge in [0.15, 0.2) is 0 Å². The molecule has 15 heavy (non-hydrogen) atoms. The molecule has 0 atom stereocenters. The number of nitrogens with zero attached hydrogens (tertiary/aromatic N) is 3. The lowest BCUT2D eigenvalue weighted by Crippen LogP contribution is -2.29. The van der Waals surface area contributed by atoms with Crippen molar-refractivity contribution in [3.8, 4) is 0 Å². The summed E-state index contributed by atoms with van der Waals surface area (Å²) in [7, 11) is 1.86. The average Bonchev–Trinajstić information content (AvgIpc) is 2.65. The summed E-state index contributed by atoms with van der Waals surface area (Å²) in [4.78, 5) is 4.06. The molecule has 0 bridgehead atoms. The lowest BCUT2D eigenvalue weighted by atomic mass is 10.4. The molecule has 6 heteroatoms. The van der Waals surface area contributed by atoms with E-state index in [4.69, 9.17) is 0 Å². The predicted octanol–water partition coefficient (Wildman–Crippen LogP) is 1.89. The molecule has 1 heterocycles. The van der Waals surface area contributed by atoms with Gasteiger partial charge in [0.25, 0.3) is 0 Å². The van der Waals surface area contributed by atoms with Gasteiger partial charge in [-0.3, -0.25) is 0 Å². The maximum absolute atomic E-state index is 4.06. The molecule has 0 radical (unpaired) electrons. The molecule has 1 rings (SSSR count). The third-order valence-electron chi connectivity index (χ3n) is 1.62. The second-order valence-corrected chi connectivity index (χ2v) is 4.72. The summed E-state index contributed by atoms with van der Waals surface area (Å²) in [5.74, 6) is 0. The van der Waals surface area contributed by atoms with Crippen LogP contribution in [0.3, 0.4) is 0 Å². The summed E-state index contributed by atoms with van der Waals surface area (Å²) in [5.41, 5.74) is 1.02. The molecule has 1 aromatic heterocycles. The molecule has 0 amide bonds. The molecule has 0 aliphatic heterocycles. The molecular weight excluding hydrogens is 418 g/mol. The minimum Gasteiger partial charge on any atom is -0.394 e. The fraction of sp³-hybridized carbons (Fsp3) is 0.111. The lowest BCUT2D eigenvalue weighted by molar-refractivity contribution is -0.531. The zero-order chi connectivity index (χ0) is 11.3. The second-order valence-electron chi connectivity index (χ2n) is 2.57. The zero-order valence-corrected chi connectivity index (χ0v) is 12.5. The van der Waals surface area contributed by atoms with Crippen LogP contribution in [0.5, 0.6) is 0 Å². The van der Waals surface area contributed by atoms with E-state index < -0.39 is 0 Å². The molecule has 4 nitrogen and oxygen atoms in total. The minimum atomic E-state index is 1.02. The fourth-order valence-corrected chi connectivity index (χ4v) is 1.86. The SMILES string of the molecule is C=C/C(I)=C(\C=C/NC)n1cnc[n+]1I. The van der Waals surface area contributed by atoms with Gasteiger partial charge in [0.1, 0.15) is 5.70 Å². The first-order chi connectivity index (χ1) is 7.20. The normalized spacial score (nSPS) is 12.7. The Morgan fingerprint density at radius 2 is 2.40 bits per heavy atom. The van der Waals surface area contributed by atoms with Crippen LogP contribution in [-0.2, 0) is 0 Å². The van der Waals surface area contributed by atoms with Gasteiger partial charge in [-0.1, -0.05) is 15.6 Å². The van der Waals surface area contributed by atoms with Gasteiger partial charge in [-0.05, 0) is 39.9 Å². The molecule has 0 aliphatic carbocycles. The van der Waals surface area contributed by atoms with Crippen LogP contribution in [0.15, 0.2) is 41.2 Å². The van der Waals surface area contributed by atoms with Gasteiger partial charge in [-0.25, -0.2) is 0 Å². The van der Waals surface area contributed by atoms with Gasteiger partial charge in [0.2, 0.25) is 29.2 Å². The van der Waals surface area contributed by atoms with Gasteiger partial charge in [0, 0.05) is 10.6 Å². The smallest absolute Gasteiger partial charge is 0.316 e. The van der Waals surface area contributed by atoms with E-state index >= 15 is 0 Å². The average molecular weight is 429 g/mol. The van der Waals surface area contributed by atoms with Crippen LogP contribution < -0.4 is 8.21 Å². The van der Waals surface area contributed by atoms with E-state index in [-0.39, 0.29) is 0 Å². The Kier molecular flexibility index (Phi) is 5.29. The highest BCUT2D eigenvalue weighted by molar-refractivity contribution is 14.1. The number of hydrogen-bond acceptors (Lipinski definition) is 2. The van der Waals surface area contributed by atoms with E-state index in [0.717, 1.165) is 9.28 Å². The number of nitrogens with one attached hydrogen (secondary N) is 1. The van der Waals surface area contributed by atoms with Crippen LogP contribution in [0.25, 0.3) is 5.70 Å². The summed E-state index contributed by atoms with van der Waals surface area (Å²) in [6.07, 6.45) is 9.14. The summed E-state index contributed by atoms with van der Waals surface area (Å²) < 4.78 is 4.86.